The van der Waals surface area contributed by atoms with Gasteiger partial charge in [0.25, 0.3) is 0 Å². The Morgan fingerprint density at radius 1 is 1.27 bits per heavy atom. The number of piperidine rings is 1. The van der Waals surface area contributed by atoms with E-state index in [0.29, 0.717) is 12.3 Å². The van der Waals surface area contributed by atoms with E-state index in [-0.39, 0.29) is 17.7 Å². The van der Waals surface area contributed by atoms with Crippen molar-refractivity contribution < 1.29 is 9.21 Å². The van der Waals surface area contributed by atoms with Gasteiger partial charge in [-0.25, -0.2) is 0 Å². The van der Waals surface area contributed by atoms with E-state index in [9.17, 15) is 4.79 Å². The lowest BCUT2D eigenvalue weighted by molar-refractivity contribution is -0.131. The summed E-state index contributed by atoms with van der Waals surface area (Å²) in [6, 6.07) is 8.09. The number of nitrogens with one attached hydrogen (secondary N) is 1. The van der Waals surface area contributed by atoms with Gasteiger partial charge in [0.15, 0.2) is 0 Å². The topological polar surface area (TPSA) is 75.0 Å². The predicted molar refractivity (Wildman–Crippen MR) is 98.9 cm³/mol. The second-order valence-electron chi connectivity index (χ2n) is 7.32. The van der Waals surface area contributed by atoms with Crippen molar-refractivity contribution in [1.29, 1.82) is 0 Å². The Labute approximate surface area is 152 Å². The molecule has 1 fully saturated rings. The maximum atomic E-state index is 12.7. The number of rotatable bonds is 4. The number of nitrogens with zero attached hydrogens (tertiary/aromatic N) is 3. The molecular formula is C20H24N4O2. The summed E-state index contributed by atoms with van der Waals surface area (Å²) in [6.45, 7) is 5.57. The fourth-order valence-corrected chi connectivity index (χ4v) is 3.57. The molecule has 1 saturated heterocycles. The van der Waals surface area contributed by atoms with E-state index in [4.69, 9.17) is 4.42 Å². The quantitative estimate of drug-likeness (QED) is 0.778. The number of H-pyrrole nitrogens is 1. The van der Waals surface area contributed by atoms with Crippen LogP contribution in [0.25, 0.3) is 10.9 Å². The van der Waals surface area contributed by atoms with Crippen molar-refractivity contribution in [3.63, 3.8) is 0 Å². The molecule has 6 heteroatoms. The van der Waals surface area contributed by atoms with Gasteiger partial charge in [-0.15, -0.1) is 10.2 Å². The summed E-state index contributed by atoms with van der Waals surface area (Å²) in [4.78, 5) is 17.9. The fraction of sp³-hybridized carbons (Fsp3) is 0.450. The fourth-order valence-electron chi connectivity index (χ4n) is 3.57. The van der Waals surface area contributed by atoms with Crippen molar-refractivity contribution in [2.24, 2.45) is 0 Å². The molecule has 3 aromatic rings. The van der Waals surface area contributed by atoms with Gasteiger partial charge in [-0.05, 0) is 24.5 Å². The van der Waals surface area contributed by atoms with Crippen LogP contribution in [0.1, 0.15) is 55.9 Å². The second-order valence-corrected chi connectivity index (χ2v) is 7.32. The first-order valence-corrected chi connectivity index (χ1v) is 9.28. The lowest BCUT2D eigenvalue weighted by atomic mass is 9.96. The number of para-hydroxylation sites is 1. The van der Waals surface area contributed by atoms with Gasteiger partial charge in [-0.1, -0.05) is 32.0 Å². The van der Waals surface area contributed by atoms with E-state index in [1.165, 1.54) is 0 Å². The maximum absolute atomic E-state index is 12.7. The van der Waals surface area contributed by atoms with E-state index in [1.807, 2.05) is 43.1 Å². The van der Waals surface area contributed by atoms with Crippen LogP contribution in [-0.4, -0.2) is 39.1 Å². The van der Waals surface area contributed by atoms with Crippen LogP contribution < -0.4 is 0 Å². The number of aromatic amines is 1. The third-order valence-corrected chi connectivity index (χ3v) is 5.16. The Bertz CT molecular complexity index is 903. The van der Waals surface area contributed by atoms with E-state index in [1.54, 1.807) is 0 Å². The minimum absolute atomic E-state index is 0.182. The minimum atomic E-state index is 0.182. The van der Waals surface area contributed by atoms with Gasteiger partial charge in [-0.2, -0.15) is 0 Å². The third-order valence-electron chi connectivity index (χ3n) is 5.16. The normalized spacial score (nSPS) is 15.9. The summed E-state index contributed by atoms with van der Waals surface area (Å²) in [5, 5.41) is 9.45. The average molecular weight is 352 g/mol. The third kappa shape index (κ3) is 3.23. The van der Waals surface area contributed by atoms with Gasteiger partial charge in [0.05, 0.1) is 6.42 Å². The SMILES string of the molecule is CC(C)c1nnc(C2CCN(C(=O)Cc3c[nH]c4ccccc34)CC2)o1. The highest BCUT2D eigenvalue weighted by Gasteiger charge is 2.27. The van der Waals surface area contributed by atoms with Crippen LogP contribution in [0.4, 0.5) is 0 Å². The summed E-state index contributed by atoms with van der Waals surface area (Å²) in [5.41, 5.74) is 2.14. The smallest absolute Gasteiger partial charge is 0.227 e. The molecule has 136 valence electrons. The van der Waals surface area contributed by atoms with Gasteiger partial charge in [-0.3, -0.25) is 4.79 Å². The van der Waals surface area contributed by atoms with Crippen LogP contribution in [-0.2, 0) is 11.2 Å². The lowest BCUT2D eigenvalue weighted by Crippen LogP contribution is -2.38. The predicted octanol–water partition coefficient (Wildman–Crippen LogP) is 3.62. The number of hydrogen-bond acceptors (Lipinski definition) is 4. The lowest BCUT2D eigenvalue weighted by Gasteiger charge is -2.30. The van der Waals surface area contributed by atoms with Gasteiger partial charge < -0.3 is 14.3 Å². The zero-order chi connectivity index (χ0) is 18.1. The number of aromatic nitrogens is 3. The van der Waals surface area contributed by atoms with Gasteiger partial charge in [0.2, 0.25) is 17.7 Å². The molecule has 2 aromatic heterocycles. The zero-order valence-electron chi connectivity index (χ0n) is 15.2. The summed E-state index contributed by atoms with van der Waals surface area (Å²) in [5.74, 6) is 2.10. The zero-order valence-corrected chi connectivity index (χ0v) is 15.2. The van der Waals surface area contributed by atoms with Gasteiger partial charge in [0, 0.05) is 42.0 Å². The van der Waals surface area contributed by atoms with Crippen LogP contribution in [0.3, 0.4) is 0 Å². The summed E-state index contributed by atoms with van der Waals surface area (Å²) in [6.07, 6.45) is 4.13. The molecular weight excluding hydrogens is 328 g/mol. The molecule has 0 radical (unpaired) electrons. The summed E-state index contributed by atoms with van der Waals surface area (Å²) >= 11 is 0. The Morgan fingerprint density at radius 3 is 2.77 bits per heavy atom. The number of hydrogen-bond donors (Lipinski definition) is 1. The van der Waals surface area contributed by atoms with Crippen LogP contribution in [0, 0.1) is 0 Å². The molecule has 3 heterocycles. The summed E-state index contributed by atoms with van der Waals surface area (Å²) in [7, 11) is 0. The second kappa shape index (κ2) is 6.94. The molecule has 6 nitrogen and oxygen atoms in total. The van der Waals surface area contributed by atoms with Crippen LogP contribution in [0.2, 0.25) is 0 Å². The Morgan fingerprint density at radius 2 is 2.04 bits per heavy atom. The van der Waals surface area contributed by atoms with Crippen molar-refractivity contribution in [3.8, 4) is 0 Å². The van der Waals surface area contributed by atoms with Crippen LogP contribution in [0.15, 0.2) is 34.9 Å². The van der Waals surface area contributed by atoms with E-state index in [2.05, 4.69) is 21.2 Å². The molecule has 1 N–H and O–H groups in total. The monoisotopic (exact) mass is 352 g/mol. The summed E-state index contributed by atoms with van der Waals surface area (Å²) < 4.78 is 5.78. The number of amides is 1. The highest BCUT2D eigenvalue weighted by molar-refractivity contribution is 5.88. The first-order chi connectivity index (χ1) is 12.6. The number of carbonyl (C=O) groups excluding carboxylic acids is 1. The van der Waals surface area contributed by atoms with Gasteiger partial charge in [0.1, 0.15) is 0 Å². The first kappa shape index (κ1) is 16.8. The van der Waals surface area contributed by atoms with Crippen molar-refractivity contribution in [2.45, 2.75) is 44.9 Å². The highest BCUT2D eigenvalue weighted by Crippen LogP contribution is 2.29. The number of likely N-dealkylation sites (tertiary alicyclic amines) is 1. The first-order valence-electron chi connectivity index (χ1n) is 9.28. The molecule has 1 aromatic carbocycles. The van der Waals surface area contributed by atoms with E-state index in [0.717, 1.165) is 48.3 Å². The Hall–Kier alpha value is -2.63. The number of benzene rings is 1. The molecule has 0 spiro atoms. The molecule has 0 unspecified atom stereocenters. The molecule has 26 heavy (non-hydrogen) atoms. The molecule has 0 saturated carbocycles. The number of carbonyl (C=O) groups is 1. The molecule has 0 aliphatic carbocycles. The Kier molecular flexibility index (Phi) is 4.49. The molecule has 1 aliphatic rings. The Balaban J connectivity index is 1.37. The van der Waals surface area contributed by atoms with Crippen molar-refractivity contribution >= 4 is 16.8 Å². The average Bonchev–Trinajstić information content (AvgIpc) is 3.30. The largest absolute Gasteiger partial charge is 0.425 e. The standard InChI is InChI=1S/C20H24N4O2/c1-13(2)19-22-23-20(26-19)14-7-9-24(10-8-14)18(25)11-15-12-21-17-6-4-3-5-16(15)17/h3-6,12-14,21H,7-11H2,1-2H3. The number of fused-ring (bicyclic) bond motifs is 1. The molecule has 0 atom stereocenters. The molecule has 1 aliphatic heterocycles. The molecule has 4 rings (SSSR count). The van der Waals surface area contributed by atoms with Crippen molar-refractivity contribution in [1.82, 2.24) is 20.1 Å². The van der Waals surface area contributed by atoms with Gasteiger partial charge >= 0.3 is 0 Å². The van der Waals surface area contributed by atoms with Crippen LogP contribution in [0.5, 0.6) is 0 Å². The highest BCUT2D eigenvalue weighted by atomic mass is 16.4. The van der Waals surface area contributed by atoms with Crippen LogP contribution >= 0.6 is 0 Å². The van der Waals surface area contributed by atoms with E-state index < -0.39 is 0 Å². The molecule has 1 amide bonds. The maximum Gasteiger partial charge on any atom is 0.227 e. The van der Waals surface area contributed by atoms with E-state index >= 15 is 0 Å². The molecule has 0 bridgehead atoms. The van der Waals surface area contributed by atoms with Crippen molar-refractivity contribution in [3.05, 3.63) is 47.8 Å². The van der Waals surface area contributed by atoms with Crippen molar-refractivity contribution in [2.75, 3.05) is 13.1 Å². The minimum Gasteiger partial charge on any atom is -0.425 e.